The van der Waals surface area contributed by atoms with E-state index < -0.39 is 0 Å². The Morgan fingerprint density at radius 3 is 2.53 bits per heavy atom. The number of hydrazone groups is 1. The quantitative estimate of drug-likeness (QED) is 0.314. The van der Waals surface area contributed by atoms with E-state index in [2.05, 4.69) is 16.2 Å². The van der Waals surface area contributed by atoms with Crippen molar-refractivity contribution < 1.29 is 14.3 Å². The first kappa shape index (κ1) is 20.2. The van der Waals surface area contributed by atoms with Crippen LogP contribution in [0.4, 0.5) is 5.13 Å². The summed E-state index contributed by atoms with van der Waals surface area (Å²) in [7, 11) is 0. The molecule has 1 amide bonds. The monoisotopic (exact) mass is 443 g/mol. The molecule has 1 aliphatic heterocycles. The van der Waals surface area contributed by atoms with Crippen molar-refractivity contribution in [1.82, 2.24) is 4.98 Å². The van der Waals surface area contributed by atoms with Crippen LogP contribution in [0.15, 0.2) is 65.8 Å². The van der Waals surface area contributed by atoms with Crippen LogP contribution in [-0.4, -0.2) is 30.3 Å². The van der Waals surface area contributed by atoms with Crippen molar-refractivity contribution in [2.75, 3.05) is 18.2 Å². The largest absolute Gasteiger partial charge is 0.486 e. The van der Waals surface area contributed by atoms with Gasteiger partial charge in [-0.3, -0.25) is 4.79 Å². The minimum atomic E-state index is -0.291. The van der Waals surface area contributed by atoms with Crippen LogP contribution in [-0.2, 0) is 0 Å². The highest BCUT2D eigenvalue weighted by atomic mass is 32.1. The SMILES string of the molecule is Cc1ccc(/C=N/N(C(=O)c2ccc3c(c2)OCCO3)c2nc3ccc(C)cc3s2)cc1. The lowest BCUT2D eigenvalue weighted by atomic mass is 10.1. The number of aromatic nitrogens is 1. The standard InChI is InChI=1S/C25H21N3O3S/c1-16-3-6-18(7-4-16)15-26-28(25-27-20-9-5-17(2)13-23(20)32-25)24(29)19-8-10-21-22(14-19)31-12-11-30-21/h3-10,13-15H,11-12H2,1-2H3/b26-15+. The second-order valence-corrected chi connectivity index (χ2v) is 8.61. The van der Waals surface area contributed by atoms with Crippen molar-refractivity contribution in [1.29, 1.82) is 0 Å². The molecule has 2 heterocycles. The van der Waals surface area contributed by atoms with Gasteiger partial charge in [-0.15, -0.1) is 0 Å². The van der Waals surface area contributed by atoms with Gasteiger partial charge < -0.3 is 9.47 Å². The van der Waals surface area contributed by atoms with E-state index in [0.29, 0.717) is 35.4 Å². The van der Waals surface area contributed by atoms with E-state index in [1.165, 1.54) is 16.3 Å². The number of thiazole rings is 1. The Kier molecular flexibility index (Phi) is 5.33. The molecule has 0 aliphatic carbocycles. The number of carbonyl (C=O) groups excluding carboxylic acids is 1. The molecule has 0 unspecified atom stereocenters. The van der Waals surface area contributed by atoms with E-state index in [9.17, 15) is 4.79 Å². The van der Waals surface area contributed by atoms with Crippen molar-refractivity contribution in [3.63, 3.8) is 0 Å². The topological polar surface area (TPSA) is 64.0 Å². The highest BCUT2D eigenvalue weighted by Gasteiger charge is 2.23. The first-order chi connectivity index (χ1) is 15.6. The lowest BCUT2D eigenvalue weighted by Crippen LogP contribution is -2.26. The van der Waals surface area contributed by atoms with Crippen molar-refractivity contribution in [2.45, 2.75) is 13.8 Å². The zero-order valence-corrected chi connectivity index (χ0v) is 18.6. The van der Waals surface area contributed by atoms with Gasteiger partial charge in [0, 0.05) is 5.56 Å². The maximum absolute atomic E-state index is 13.5. The highest BCUT2D eigenvalue weighted by molar-refractivity contribution is 7.22. The normalized spacial score (nSPS) is 12.9. The number of nitrogens with zero attached hydrogens (tertiary/aromatic N) is 3. The van der Waals surface area contributed by atoms with Crippen molar-refractivity contribution in [3.8, 4) is 11.5 Å². The Morgan fingerprint density at radius 1 is 0.969 bits per heavy atom. The molecule has 3 aromatic carbocycles. The van der Waals surface area contributed by atoms with Gasteiger partial charge in [0.2, 0.25) is 5.13 Å². The molecule has 7 heteroatoms. The van der Waals surface area contributed by atoms with E-state index in [-0.39, 0.29) is 5.91 Å². The Morgan fingerprint density at radius 2 is 1.72 bits per heavy atom. The van der Waals surface area contributed by atoms with Crippen molar-refractivity contribution >= 4 is 38.8 Å². The molecule has 6 nitrogen and oxygen atoms in total. The first-order valence-electron chi connectivity index (χ1n) is 10.3. The summed E-state index contributed by atoms with van der Waals surface area (Å²) in [6.45, 7) is 5.02. The molecule has 0 saturated heterocycles. The Labute approximate surface area is 189 Å². The summed E-state index contributed by atoms with van der Waals surface area (Å²) >= 11 is 1.43. The molecule has 1 aromatic heterocycles. The molecule has 0 radical (unpaired) electrons. The van der Waals surface area contributed by atoms with E-state index in [1.807, 2.05) is 50.2 Å². The summed E-state index contributed by atoms with van der Waals surface area (Å²) in [5.41, 5.74) is 4.48. The summed E-state index contributed by atoms with van der Waals surface area (Å²) in [6, 6.07) is 19.2. The third-order valence-electron chi connectivity index (χ3n) is 5.09. The van der Waals surface area contributed by atoms with E-state index >= 15 is 0 Å². The summed E-state index contributed by atoms with van der Waals surface area (Å²) in [5.74, 6) is 0.906. The minimum Gasteiger partial charge on any atom is -0.486 e. The minimum absolute atomic E-state index is 0.291. The molecule has 0 spiro atoms. The molecule has 0 atom stereocenters. The number of hydrogen-bond donors (Lipinski definition) is 0. The lowest BCUT2D eigenvalue weighted by Gasteiger charge is -2.20. The van der Waals surface area contributed by atoms with Crippen LogP contribution in [0, 0.1) is 13.8 Å². The van der Waals surface area contributed by atoms with Crippen LogP contribution >= 0.6 is 11.3 Å². The number of aryl methyl sites for hydroxylation is 2. The molecular formula is C25H21N3O3S. The smallest absolute Gasteiger partial charge is 0.280 e. The van der Waals surface area contributed by atoms with Crippen molar-refractivity contribution in [3.05, 3.63) is 82.9 Å². The van der Waals surface area contributed by atoms with E-state index in [4.69, 9.17) is 9.47 Å². The van der Waals surface area contributed by atoms with Gasteiger partial charge >= 0.3 is 0 Å². The molecule has 5 rings (SSSR count). The second kappa shape index (κ2) is 8.43. The van der Waals surface area contributed by atoms with Gasteiger partial charge in [0.25, 0.3) is 5.91 Å². The maximum Gasteiger partial charge on any atom is 0.280 e. The van der Waals surface area contributed by atoms with Crippen molar-refractivity contribution in [2.24, 2.45) is 5.10 Å². The summed E-state index contributed by atoms with van der Waals surface area (Å²) in [4.78, 5) is 18.2. The predicted molar refractivity (Wildman–Crippen MR) is 127 cm³/mol. The van der Waals surface area contributed by atoms with Gasteiger partial charge in [0.05, 0.1) is 16.4 Å². The van der Waals surface area contributed by atoms with Crippen LogP contribution in [0.5, 0.6) is 11.5 Å². The van der Waals surface area contributed by atoms with Gasteiger partial charge in [-0.1, -0.05) is 47.2 Å². The highest BCUT2D eigenvalue weighted by Crippen LogP contribution is 2.34. The molecule has 160 valence electrons. The van der Waals surface area contributed by atoms with Gasteiger partial charge in [-0.25, -0.2) is 4.98 Å². The number of carbonyl (C=O) groups is 1. The number of anilines is 1. The summed E-state index contributed by atoms with van der Waals surface area (Å²) in [5, 5.41) is 6.40. The predicted octanol–water partition coefficient (Wildman–Crippen LogP) is 5.37. The van der Waals surface area contributed by atoms with Gasteiger partial charge in [-0.05, 0) is 55.3 Å². The van der Waals surface area contributed by atoms with Crippen LogP contribution < -0.4 is 14.5 Å². The van der Waals surface area contributed by atoms with E-state index in [0.717, 1.165) is 26.9 Å². The van der Waals surface area contributed by atoms with Crippen LogP contribution in [0.2, 0.25) is 0 Å². The van der Waals surface area contributed by atoms with Gasteiger partial charge in [-0.2, -0.15) is 10.1 Å². The third kappa shape index (κ3) is 4.07. The maximum atomic E-state index is 13.5. The molecule has 0 N–H and O–H groups in total. The number of ether oxygens (including phenoxy) is 2. The number of hydrogen-bond acceptors (Lipinski definition) is 6. The lowest BCUT2D eigenvalue weighted by molar-refractivity contribution is 0.0986. The first-order valence-corrected chi connectivity index (χ1v) is 11.1. The number of rotatable bonds is 4. The molecule has 1 aliphatic rings. The Bertz CT molecular complexity index is 1330. The zero-order chi connectivity index (χ0) is 22.1. The fraction of sp³-hybridized carbons (Fsp3) is 0.160. The molecular weight excluding hydrogens is 422 g/mol. The fourth-order valence-electron chi connectivity index (χ4n) is 3.37. The third-order valence-corrected chi connectivity index (χ3v) is 6.09. The average Bonchev–Trinajstić information content (AvgIpc) is 3.22. The van der Waals surface area contributed by atoms with Gasteiger partial charge in [0.15, 0.2) is 11.5 Å². The number of benzene rings is 3. The molecule has 32 heavy (non-hydrogen) atoms. The molecule has 4 aromatic rings. The summed E-state index contributed by atoms with van der Waals surface area (Å²) in [6.07, 6.45) is 1.67. The van der Waals surface area contributed by atoms with E-state index in [1.54, 1.807) is 24.4 Å². The fourth-order valence-corrected chi connectivity index (χ4v) is 4.39. The van der Waals surface area contributed by atoms with Gasteiger partial charge in [0.1, 0.15) is 13.2 Å². The van der Waals surface area contributed by atoms with Crippen LogP contribution in [0.3, 0.4) is 0 Å². The average molecular weight is 444 g/mol. The summed E-state index contributed by atoms with van der Waals surface area (Å²) < 4.78 is 12.2. The molecule has 0 saturated carbocycles. The number of fused-ring (bicyclic) bond motifs is 2. The molecule has 0 bridgehead atoms. The molecule has 0 fully saturated rings. The van der Waals surface area contributed by atoms with Crippen LogP contribution in [0.1, 0.15) is 27.0 Å². The number of amides is 1. The Hall–Kier alpha value is -3.71. The second-order valence-electron chi connectivity index (χ2n) is 7.60. The Balaban J connectivity index is 1.54. The zero-order valence-electron chi connectivity index (χ0n) is 17.7. The van der Waals surface area contributed by atoms with Crippen LogP contribution in [0.25, 0.3) is 10.2 Å².